The first-order valence-corrected chi connectivity index (χ1v) is 13.3. The van der Waals surface area contributed by atoms with Crippen LogP contribution in [0.25, 0.3) is 0 Å². The van der Waals surface area contributed by atoms with Gasteiger partial charge in [0.2, 0.25) is 5.91 Å². The lowest BCUT2D eigenvalue weighted by atomic mass is 9.47. The van der Waals surface area contributed by atoms with E-state index < -0.39 is 42.1 Å². The number of nitrogens with one attached hydrogen (secondary N) is 1. The Bertz CT molecular complexity index is 964. The number of aliphatic carboxylic acids is 2. The lowest BCUT2D eigenvalue weighted by Crippen LogP contribution is -2.53. The number of aliphatic hydroxyl groups excluding tert-OH is 1. The molecular formula is C27H40N2O7. The molecule has 0 radical (unpaired) electrons. The number of carbonyl (C=O) groups is 4. The molecule has 4 rings (SSSR count). The van der Waals surface area contributed by atoms with Crippen LogP contribution in [0.3, 0.4) is 0 Å². The van der Waals surface area contributed by atoms with Crippen molar-refractivity contribution in [2.45, 2.75) is 83.8 Å². The molecule has 5 unspecified atom stereocenters. The Labute approximate surface area is 211 Å². The van der Waals surface area contributed by atoms with Crippen LogP contribution in [0.1, 0.15) is 71.6 Å². The van der Waals surface area contributed by atoms with E-state index in [0.29, 0.717) is 17.8 Å². The lowest BCUT2D eigenvalue weighted by Gasteiger charge is -2.58. The number of allylic oxidation sites excluding steroid dienone is 1. The van der Waals surface area contributed by atoms with Crippen LogP contribution in [-0.2, 0) is 19.2 Å². The minimum absolute atomic E-state index is 0.0260. The van der Waals surface area contributed by atoms with E-state index in [1.165, 1.54) is 5.57 Å². The Morgan fingerprint density at radius 3 is 2.44 bits per heavy atom. The summed E-state index contributed by atoms with van der Waals surface area (Å²) in [4.78, 5) is 48.2. The first-order valence-electron chi connectivity index (χ1n) is 13.3. The van der Waals surface area contributed by atoms with Gasteiger partial charge in [-0.15, -0.1) is 0 Å². The van der Waals surface area contributed by atoms with Gasteiger partial charge in [0, 0.05) is 6.42 Å². The number of aliphatic hydroxyl groups is 1. The fraction of sp³-hybridized carbons (Fsp3) is 0.778. The van der Waals surface area contributed by atoms with E-state index in [9.17, 15) is 29.4 Å². The van der Waals surface area contributed by atoms with E-state index in [0.717, 1.165) is 51.4 Å². The summed E-state index contributed by atoms with van der Waals surface area (Å²) in [5.74, 6) is -4.40. The summed E-state index contributed by atoms with van der Waals surface area (Å²) in [6, 6.07) is -1.67. The molecule has 9 nitrogen and oxygen atoms in total. The molecule has 4 aliphatic rings. The topological polar surface area (TPSA) is 167 Å². The molecular weight excluding hydrogens is 464 g/mol. The Balaban J connectivity index is 1.51. The maximum Gasteiger partial charge on any atom is 0.322 e. The molecule has 0 aromatic carbocycles. The van der Waals surface area contributed by atoms with Crippen molar-refractivity contribution in [2.24, 2.45) is 46.2 Å². The average molecular weight is 505 g/mol. The molecule has 9 atom stereocenters. The van der Waals surface area contributed by atoms with Crippen molar-refractivity contribution in [1.29, 1.82) is 0 Å². The number of carboxylic acids is 2. The number of hydrogen-bond acceptors (Lipinski definition) is 6. The predicted octanol–water partition coefficient (Wildman–Crippen LogP) is 2.11. The minimum Gasteiger partial charge on any atom is -0.480 e. The highest BCUT2D eigenvalue weighted by Gasteiger charge is 2.59. The third-order valence-electron chi connectivity index (χ3n) is 10.4. The Hall–Kier alpha value is -2.26. The van der Waals surface area contributed by atoms with Gasteiger partial charge in [0.25, 0.3) is 0 Å². The zero-order valence-electron chi connectivity index (χ0n) is 21.2. The fourth-order valence-electron chi connectivity index (χ4n) is 8.51. The van der Waals surface area contributed by atoms with Crippen molar-refractivity contribution >= 4 is 23.6 Å². The molecule has 0 spiro atoms. The van der Waals surface area contributed by atoms with Gasteiger partial charge in [0.15, 0.2) is 0 Å². The molecule has 9 heteroatoms. The summed E-state index contributed by atoms with van der Waals surface area (Å²) in [6.07, 6.45) is 9.68. The van der Waals surface area contributed by atoms with Crippen molar-refractivity contribution in [3.63, 3.8) is 0 Å². The first-order chi connectivity index (χ1) is 16.9. The number of Topliss-reactive ketones (excluding diaryl/α,β-unsaturated/α-hetero) is 1. The predicted molar refractivity (Wildman–Crippen MR) is 131 cm³/mol. The molecule has 36 heavy (non-hydrogen) atoms. The standard InChI is InChI=1S/C27H40N2O7/c1-26-9-7-16(30)11-14(26)3-5-17-18-6-4-15(27(18,2)10-8-19(17)26)12-20(31)22(24(28)34)23(25(35)36)29-13-21(32)33/h3,15-19,22-23,29-30H,4-13H2,1-2H3,(H2,28,34)(H,32,33)(H,35,36)/t15-,16+,17?,18?,19?,22?,23?,26+,27-/m1/s1. The maximum atomic E-state index is 13.3. The van der Waals surface area contributed by atoms with Crippen molar-refractivity contribution in [3.05, 3.63) is 11.6 Å². The molecule has 0 saturated heterocycles. The smallest absolute Gasteiger partial charge is 0.322 e. The van der Waals surface area contributed by atoms with E-state index >= 15 is 0 Å². The highest BCUT2D eigenvalue weighted by molar-refractivity contribution is 6.05. The highest BCUT2D eigenvalue weighted by Crippen LogP contribution is 2.66. The Morgan fingerprint density at radius 2 is 1.81 bits per heavy atom. The summed E-state index contributed by atoms with van der Waals surface area (Å²) >= 11 is 0. The second-order valence-corrected chi connectivity index (χ2v) is 12.1. The van der Waals surface area contributed by atoms with E-state index in [4.69, 9.17) is 10.8 Å². The quantitative estimate of drug-likeness (QED) is 0.235. The van der Waals surface area contributed by atoms with Crippen LogP contribution in [0, 0.1) is 40.4 Å². The van der Waals surface area contributed by atoms with Gasteiger partial charge in [-0.1, -0.05) is 25.5 Å². The molecule has 0 heterocycles. The highest BCUT2D eigenvalue weighted by atomic mass is 16.4. The van der Waals surface area contributed by atoms with Crippen LogP contribution in [0.5, 0.6) is 0 Å². The lowest BCUT2D eigenvalue weighted by molar-refractivity contribution is -0.149. The van der Waals surface area contributed by atoms with Crippen LogP contribution in [0.2, 0.25) is 0 Å². The van der Waals surface area contributed by atoms with Crippen LogP contribution < -0.4 is 11.1 Å². The van der Waals surface area contributed by atoms with Gasteiger partial charge < -0.3 is 21.1 Å². The SMILES string of the molecule is C[C@]12CC[C@H](O)CC1=CCC1C2CC[C@@]2(C)C1CC[C@@H]2CC(=O)C(C(N)=O)C(NCC(=O)O)C(=O)O. The second-order valence-electron chi connectivity index (χ2n) is 12.1. The summed E-state index contributed by atoms with van der Waals surface area (Å²) in [5.41, 5.74) is 6.91. The number of carbonyl (C=O) groups excluding carboxylic acids is 2. The third kappa shape index (κ3) is 4.60. The molecule has 0 aliphatic heterocycles. The Kier molecular flexibility index (Phi) is 7.36. The second kappa shape index (κ2) is 9.89. The molecule has 0 aromatic heterocycles. The van der Waals surface area contributed by atoms with E-state index in [1.54, 1.807) is 0 Å². The van der Waals surface area contributed by atoms with Crippen molar-refractivity contribution in [1.82, 2.24) is 5.32 Å². The summed E-state index contributed by atoms with van der Waals surface area (Å²) in [5, 5.41) is 31.0. The zero-order valence-corrected chi connectivity index (χ0v) is 21.2. The third-order valence-corrected chi connectivity index (χ3v) is 10.4. The number of hydrogen-bond donors (Lipinski definition) is 5. The van der Waals surface area contributed by atoms with Crippen LogP contribution in [0.4, 0.5) is 0 Å². The monoisotopic (exact) mass is 504 g/mol. The molecule has 4 aliphatic carbocycles. The maximum absolute atomic E-state index is 13.3. The summed E-state index contributed by atoms with van der Waals surface area (Å²) in [7, 11) is 0. The molecule has 3 fully saturated rings. The number of amides is 1. The van der Waals surface area contributed by atoms with Gasteiger partial charge in [-0.2, -0.15) is 0 Å². The number of rotatable bonds is 9. The molecule has 0 aromatic rings. The fourth-order valence-corrected chi connectivity index (χ4v) is 8.51. The normalized spacial score (nSPS) is 39.1. The Morgan fingerprint density at radius 1 is 1.08 bits per heavy atom. The molecule has 1 amide bonds. The van der Waals surface area contributed by atoms with Crippen molar-refractivity contribution in [3.8, 4) is 0 Å². The summed E-state index contributed by atoms with van der Waals surface area (Å²) in [6.45, 7) is 3.93. The van der Waals surface area contributed by atoms with Crippen LogP contribution in [0.15, 0.2) is 11.6 Å². The number of carboxylic acid groups (broad SMARTS) is 2. The van der Waals surface area contributed by atoms with E-state index in [1.807, 2.05) is 0 Å². The van der Waals surface area contributed by atoms with Gasteiger partial charge >= 0.3 is 11.9 Å². The van der Waals surface area contributed by atoms with E-state index in [2.05, 4.69) is 25.2 Å². The number of ketones is 1. The molecule has 200 valence electrons. The molecule has 0 bridgehead atoms. The van der Waals surface area contributed by atoms with Crippen LogP contribution in [-0.4, -0.2) is 57.6 Å². The number of primary amides is 1. The van der Waals surface area contributed by atoms with Gasteiger partial charge in [0.05, 0.1) is 12.6 Å². The average Bonchev–Trinajstić information content (AvgIpc) is 3.12. The first kappa shape index (κ1) is 26.8. The van der Waals surface area contributed by atoms with Crippen LogP contribution >= 0.6 is 0 Å². The van der Waals surface area contributed by atoms with E-state index in [-0.39, 0.29) is 29.3 Å². The number of nitrogens with two attached hydrogens (primary N) is 1. The van der Waals surface area contributed by atoms with Crippen molar-refractivity contribution < 1.29 is 34.5 Å². The largest absolute Gasteiger partial charge is 0.480 e. The van der Waals surface area contributed by atoms with Crippen molar-refractivity contribution in [2.75, 3.05) is 6.54 Å². The molecule has 3 saturated carbocycles. The molecule has 6 N–H and O–H groups in total. The minimum atomic E-state index is -1.67. The number of fused-ring (bicyclic) bond motifs is 5. The zero-order chi connectivity index (χ0) is 26.4. The van der Waals surface area contributed by atoms with Gasteiger partial charge in [-0.3, -0.25) is 24.5 Å². The summed E-state index contributed by atoms with van der Waals surface area (Å²) < 4.78 is 0. The van der Waals surface area contributed by atoms with Gasteiger partial charge in [-0.25, -0.2) is 0 Å². The van der Waals surface area contributed by atoms with Gasteiger partial charge in [-0.05, 0) is 85.9 Å². The van der Waals surface area contributed by atoms with Gasteiger partial charge in [0.1, 0.15) is 17.7 Å².